The molecule has 0 fully saturated rings. The van der Waals surface area contributed by atoms with E-state index in [1.807, 2.05) is 36.4 Å². The van der Waals surface area contributed by atoms with E-state index >= 15 is 0 Å². The second kappa shape index (κ2) is 14.5. The summed E-state index contributed by atoms with van der Waals surface area (Å²) in [6.45, 7) is 0. The van der Waals surface area contributed by atoms with Crippen LogP contribution in [-0.4, -0.2) is 19.5 Å². The van der Waals surface area contributed by atoms with Gasteiger partial charge in [0.15, 0.2) is 17.5 Å². The van der Waals surface area contributed by atoms with Gasteiger partial charge in [-0.1, -0.05) is 194 Å². The first-order chi connectivity index (χ1) is 29.3. The van der Waals surface area contributed by atoms with Gasteiger partial charge >= 0.3 is 0 Å². The van der Waals surface area contributed by atoms with Crippen molar-refractivity contribution in [2.24, 2.45) is 0 Å². The SMILES string of the molecule is c1ccc(-c2nc(-c3ccccc3)nc(-c3cc(-c4ccccc4)c(-n4c5ccccc5c5cc6ccccc6cc54)c(-c4ccccc4)c3-c3ccccc3)n2)cc1. The Morgan fingerprint density at radius 1 is 0.288 bits per heavy atom. The molecule has 59 heavy (non-hydrogen) atoms. The monoisotopic (exact) mass is 752 g/mol. The Bertz CT molecular complexity index is 3230. The van der Waals surface area contributed by atoms with Crippen LogP contribution < -0.4 is 0 Å². The summed E-state index contributed by atoms with van der Waals surface area (Å²) < 4.78 is 2.50. The molecule has 11 aromatic rings. The summed E-state index contributed by atoms with van der Waals surface area (Å²) in [4.78, 5) is 15.8. The highest BCUT2D eigenvalue weighted by Crippen LogP contribution is 2.50. The first kappa shape index (κ1) is 34.3. The van der Waals surface area contributed by atoms with Crippen molar-refractivity contribution in [1.82, 2.24) is 19.5 Å². The molecule has 11 rings (SSSR count). The molecule has 0 saturated carbocycles. The maximum Gasteiger partial charge on any atom is 0.164 e. The summed E-state index contributed by atoms with van der Waals surface area (Å²) in [5.74, 6) is 1.84. The lowest BCUT2D eigenvalue weighted by Crippen LogP contribution is -2.06. The van der Waals surface area contributed by atoms with E-state index in [0.29, 0.717) is 17.5 Å². The van der Waals surface area contributed by atoms with Crippen LogP contribution in [0.5, 0.6) is 0 Å². The molecule has 9 aromatic carbocycles. The van der Waals surface area contributed by atoms with Gasteiger partial charge in [0.2, 0.25) is 0 Å². The Balaban J connectivity index is 1.35. The van der Waals surface area contributed by atoms with Crippen LogP contribution in [0.3, 0.4) is 0 Å². The van der Waals surface area contributed by atoms with Gasteiger partial charge in [-0.2, -0.15) is 0 Å². The van der Waals surface area contributed by atoms with Gasteiger partial charge in [0, 0.05) is 44.2 Å². The molecular formula is C55H36N4. The Kier molecular flexibility index (Phi) is 8.45. The molecule has 0 radical (unpaired) electrons. The minimum Gasteiger partial charge on any atom is -0.308 e. The lowest BCUT2D eigenvalue weighted by atomic mass is 9.84. The van der Waals surface area contributed by atoms with Gasteiger partial charge in [-0.05, 0) is 51.7 Å². The van der Waals surface area contributed by atoms with Crippen LogP contribution in [0.2, 0.25) is 0 Å². The van der Waals surface area contributed by atoms with Crippen molar-refractivity contribution in [2.45, 2.75) is 0 Å². The highest BCUT2D eigenvalue weighted by Gasteiger charge is 2.28. The van der Waals surface area contributed by atoms with Crippen molar-refractivity contribution in [1.29, 1.82) is 0 Å². The fourth-order valence-electron chi connectivity index (χ4n) is 8.53. The summed E-state index contributed by atoms with van der Waals surface area (Å²) in [7, 11) is 0. The molecule has 0 unspecified atom stereocenters. The third-order valence-corrected chi connectivity index (χ3v) is 11.2. The number of benzene rings is 9. The number of para-hydroxylation sites is 1. The number of rotatable bonds is 7. The van der Waals surface area contributed by atoms with Crippen LogP contribution in [0.25, 0.3) is 106 Å². The zero-order chi connectivity index (χ0) is 39.1. The Labute approximate surface area is 342 Å². The molecule has 2 heterocycles. The number of hydrogen-bond donors (Lipinski definition) is 0. The van der Waals surface area contributed by atoms with Gasteiger partial charge in [-0.15, -0.1) is 0 Å². The average Bonchev–Trinajstić information content (AvgIpc) is 3.64. The molecule has 0 spiro atoms. The zero-order valence-electron chi connectivity index (χ0n) is 32.1. The van der Waals surface area contributed by atoms with Crippen molar-refractivity contribution in [2.75, 3.05) is 0 Å². The molecule has 276 valence electrons. The van der Waals surface area contributed by atoms with Crippen molar-refractivity contribution < 1.29 is 0 Å². The van der Waals surface area contributed by atoms with Gasteiger partial charge < -0.3 is 4.57 Å². The molecule has 2 aromatic heterocycles. The van der Waals surface area contributed by atoms with Crippen molar-refractivity contribution in [3.05, 3.63) is 218 Å². The van der Waals surface area contributed by atoms with E-state index in [0.717, 1.165) is 66.8 Å². The summed E-state index contributed by atoms with van der Waals surface area (Å²) in [6, 6.07) is 77.1. The lowest BCUT2D eigenvalue weighted by molar-refractivity contribution is 1.07. The van der Waals surface area contributed by atoms with Gasteiger partial charge in [0.05, 0.1) is 16.7 Å². The molecule has 0 aliphatic rings. The minimum atomic E-state index is 0.602. The van der Waals surface area contributed by atoms with Crippen LogP contribution in [0.4, 0.5) is 0 Å². The highest BCUT2D eigenvalue weighted by molar-refractivity contribution is 6.15. The van der Waals surface area contributed by atoms with E-state index < -0.39 is 0 Å². The van der Waals surface area contributed by atoms with E-state index in [4.69, 9.17) is 15.0 Å². The molecule has 0 amide bonds. The quantitative estimate of drug-likeness (QED) is 0.163. The van der Waals surface area contributed by atoms with Crippen molar-refractivity contribution in [3.63, 3.8) is 0 Å². The highest BCUT2D eigenvalue weighted by atomic mass is 15.0. The molecule has 0 atom stereocenters. The Morgan fingerprint density at radius 3 is 1.31 bits per heavy atom. The van der Waals surface area contributed by atoms with Gasteiger partial charge in [0.25, 0.3) is 0 Å². The molecular weight excluding hydrogens is 717 g/mol. The maximum absolute atomic E-state index is 5.35. The first-order valence-corrected chi connectivity index (χ1v) is 20.0. The topological polar surface area (TPSA) is 43.6 Å². The predicted molar refractivity (Wildman–Crippen MR) is 244 cm³/mol. The van der Waals surface area contributed by atoms with Crippen molar-refractivity contribution in [3.8, 4) is 73.2 Å². The molecule has 4 heteroatoms. The first-order valence-electron chi connectivity index (χ1n) is 20.0. The van der Waals surface area contributed by atoms with E-state index in [1.165, 1.54) is 21.5 Å². The third kappa shape index (κ3) is 6.06. The fraction of sp³-hybridized carbons (Fsp3) is 0. The standard InChI is InChI=1S/C55H36N4/c1-6-20-37(21-7-1)45-36-47(55-57-53(40-26-12-4-13-27-40)56-54(58-55)41-28-14-5-15-29-41)50(38-22-8-2-9-23-38)51(39-24-10-3-11-25-39)52(45)59-48-33-19-18-32-44(48)46-34-42-30-16-17-31-43(42)35-49(46)59/h1-36H. The molecule has 0 aliphatic heterocycles. The number of aromatic nitrogens is 4. The number of hydrogen-bond acceptors (Lipinski definition) is 3. The van der Waals surface area contributed by atoms with Gasteiger partial charge in [-0.25, -0.2) is 15.0 Å². The average molecular weight is 753 g/mol. The van der Waals surface area contributed by atoms with Gasteiger partial charge in [0.1, 0.15) is 0 Å². The summed E-state index contributed by atoms with van der Waals surface area (Å²) >= 11 is 0. The second-order valence-electron chi connectivity index (χ2n) is 14.8. The summed E-state index contributed by atoms with van der Waals surface area (Å²) in [6.07, 6.45) is 0. The number of fused-ring (bicyclic) bond motifs is 4. The fourth-order valence-corrected chi connectivity index (χ4v) is 8.53. The van der Waals surface area contributed by atoms with Crippen LogP contribution in [0.1, 0.15) is 0 Å². The Morgan fingerprint density at radius 2 is 0.729 bits per heavy atom. The maximum atomic E-state index is 5.35. The van der Waals surface area contributed by atoms with E-state index in [2.05, 4.69) is 187 Å². The lowest BCUT2D eigenvalue weighted by Gasteiger charge is -2.25. The zero-order valence-corrected chi connectivity index (χ0v) is 32.1. The largest absolute Gasteiger partial charge is 0.308 e. The summed E-state index contributed by atoms with van der Waals surface area (Å²) in [5.41, 5.74) is 12.6. The number of nitrogens with zero attached hydrogens (tertiary/aromatic N) is 4. The summed E-state index contributed by atoms with van der Waals surface area (Å²) in [5, 5.41) is 4.82. The predicted octanol–water partition coefficient (Wildman–Crippen LogP) is 14.1. The molecule has 0 N–H and O–H groups in total. The molecule has 0 bridgehead atoms. The van der Waals surface area contributed by atoms with Crippen LogP contribution >= 0.6 is 0 Å². The molecule has 0 aliphatic carbocycles. The minimum absolute atomic E-state index is 0.602. The third-order valence-electron chi connectivity index (χ3n) is 11.2. The van der Waals surface area contributed by atoms with Crippen molar-refractivity contribution >= 4 is 32.6 Å². The van der Waals surface area contributed by atoms with Crippen LogP contribution in [-0.2, 0) is 0 Å². The second-order valence-corrected chi connectivity index (χ2v) is 14.8. The normalized spacial score (nSPS) is 11.4. The molecule has 4 nitrogen and oxygen atoms in total. The molecule has 0 saturated heterocycles. The Hall–Kier alpha value is -7.95. The van der Waals surface area contributed by atoms with Crippen LogP contribution in [0.15, 0.2) is 218 Å². The smallest absolute Gasteiger partial charge is 0.164 e. The van der Waals surface area contributed by atoms with Gasteiger partial charge in [-0.3, -0.25) is 0 Å². The van der Waals surface area contributed by atoms with E-state index in [1.54, 1.807) is 0 Å². The van der Waals surface area contributed by atoms with E-state index in [-0.39, 0.29) is 0 Å². The van der Waals surface area contributed by atoms with E-state index in [9.17, 15) is 0 Å². The van der Waals surface area contributed by atoms with Crippen LogP contribution in [0, 0.1) is 0 Å².